The molecule has 0 aliphatic rings. The number of nitrogens with zero attached hydrogens (tertiary/aromatic N) is 10. The van der Waals surface area contributed by atoms with Crippen LogP contribution in [0.3, 0.4) is 0 Å². The molecule has 0 amide bonds. The molecule has 2 aromatic heterocycles. The summed E-state index contributed by atoms with van der Waals surface area (Å²) in [4.78, 5) is 34.4. The molecule has 0 bridgehead atoms. The van der Waals surface area contributed by atoms with Gasteiger partial charge in [0.2, 0.25) is 11.9 Å². The molecule has 0 saturated carbocycles. The molecule has 2 aromatic rings. The molecule has 0 aliphatic heterocycles. The molecule has 0 aromatic carbocycles. The molecule has 22 nitrogen and oxygen atoms in total. The summed E-state index contributed by atoms with van der Waals surface area (Å²) in [6.45, 7) is 26.7. The number of hydrogen-bond acceptors (Lipinski definition) is 20. The second kappa shape index (κ2) is 28.0. The molecule has 4 N–H and O–H groups in total. The monoisotopic (exact) mass is 864 g/mol. The first-order valence-electron chi connectivity index (χ1n) is 20.3. The van der Waals surface area contributed by atoms with Gasteiger partial charge in [-0.15, -0.1) is 9.97 Å². The Hall–Kier alpha value is -3.52. The lowest BCUT2D eigenvalue weighted by Gasteiger charge is -2.18. The lowest BCUT2D eigenvalue weighted by Crippen LogP contribution is -2.42. The van der Waals surface area contributed by atoms with Gasteiger partial charge in [0.15, 0.2) is 0 Å². The molecule has 334 valence electrons. The summed E-state index contributed by atoms with van der Waals surface area (Å²) in [5.74, 6) is 0.148. The fourth-order valence-corrected chi connectivity index (χ4v) is 7.62. The smallest absolute Gasteiger partial charge is 0.331 e. The van der Waals surface area contributed by atoms with Gasteiger partial charge in [0.25, 0.3) is 0 Å². The van der Waals surface area contributed by atoms with Crippen molar-refractivity contribution in [3.8, 4) is 24.0 Å². The molecule has 0 unspecified atom stereocenters. The minimum absolute atomic E-state index is 0.0405. The summed E-state index contributed by atoms with van der Waals surface area (Å²) in [5.41, 5.74) is 0. The number of hydrogen-bond donors (Lipinski definition) is 4. The molecule has 24 heteroatoms. The van der Waals surface area contributed by atoms with E-state index < -0.39 is 18.1 Å². The van der Waals surface area contributed by atoms with E-state index in [9.17, 15) is 16.8 Å². The molecular formula is C34H68N14O8S2. The van der Waals surface area contributed by atoms with Crippen molar-refractivity contribution in [1.82, 2.24) is 58.9 Å². The summed E-state index contributed by atoms with van der Waals surface area (Å²) in [6.07, 6.45) is 0. The van der Waals surface area contributed by atoms with Crippen LogP contribution in [0.2, 0.25) is 0 Å². The summed E-state index contributed by atoms with van der Waals surface area (Å²) < 4.78 is 78.4. The highest BCUT2D eigenvalue weighted by Crippen LogP contribution is 2.15. The summed E-state index contributed by atoms with van der Waals surface area (Å²) in [5, 5.41) is 5.76. The number of anilines is 2. The van der Waals surface area contributed by atoms with Crippen LogP contribution in [0.1, 0.15) is 55.4 Å². The van der Waals surface area contributed by atoms with Crippen molar-refractivity contribution in [2.45, 2.75) is 55.4 Å². The highest BCUT2D eigenvalue weighted by Gasteiger charge is 2.28. The van der Waals surface area contributed by atoms with E-state index in [0.717, 1.165) is 52.4 Å². The van der Waals surface area contributed by atoms with Crippen LogP contribution in [0.5, 0.6) is 24.0 Å². The first-order chi connectivity index (χ1) is 27.9. The van der Waals surface area contributed by atoms with Crippen molar-refractivity contribution < 1.29 is 35.8 Å². The first kappa shape index (κ1) is 50.6. The molecular weight excluding hydrogens is 797 g/mol. The maximum absolute atomic E-state index is 12.8. The summed E-state index contributed by atoms with van der Waals surface area (Å²) >= 11 is 0. The van der Waals surface area contributed by atoms with E-state index in [1.54, 1.807) is 0 Å². The van der Waals surface area contributed by atoms with Crippen molar-refractivity contribution in [1.29, 1.82) is 0 Å². The summed E-state index contributed by atoms with van der Waals surface area (Å²) in [6, 6.07) is 0.162. The predicted octanol–water partition coefficient (Wildman–Crippen LogP) is 0.217. The highest BCUT2D eigenvalue weighted by molar-refractivity contribution is 8.65. The quantitative estimate of drug-likeness (QED) is 0.0535. The zero-order chi connectivity index (χ0) is 42.8. The zero-order valence-corrected chi connectivity index (χ0v) is 37.3. The molecule has 0 fully saturated rings. The fourth-order valence-electron chi connectivity index (χ4n) is 5.17. The van der Waals surface area contributed by atoms with Gasteiger partial charge >= 0.3 is 42.2 Å². The van der Waals surface area contributed by atoms with E-state index in [2.05, 4.69) is 125 Å². The third kappa shape index (κ3) is 19.0. The molecule has 0 spiro atoms. The molecule has 2 heterocycles. The Bertz CT molecular complexity index is 1440. The normalized spacial score (nSPS) is 12.1. The number of nitrogens with one attached hydrogen (secondary N) is 4. The topological polar surface area (TPSA) is 244 Å². The second-order valence-corrected chi connectivity index (χ2v) is 17.5. The Kier molecular flexibility index (Phi) is 24.5. The zero-order valence-electron chi connectivity index (χ0n) is 35.7. The third-order valence-electron chi connectivity index (χ3n) is 8.98. The van der Waals surface area contributed by atoms with Gasteiger partial charge in [-0.2, -0.15) is 46.2 Å². The SMILES string of the molecule is CCN(CC)CCOc1nc(NCCNS(=O)(=O)S(=O)(=O)NCCNc2nc(OCCN(CC)CC)nc(OCCN(CC)CC)n2)nc(OCCN(CC)CC)n1. The lowest BCUT2D eigenvalue weighted by molar-refractivity contribution is 0.197. The van der Waals surface area contributed by atoms with Crippen molar-refractivity contribution in [3.63, 3.8) is 0 Å². The van der Waals surface area contributed by atoms with Gasteiger partial charge in [-0.25, -0.2) is 0 Å². The first-order valence-corrected chi connectivity index (χ1v) is 23.7. The average molecular weight is 865 g/mol. The van der Waals surface area contributed by atoms with Gasteiger partial charge in [-0.05, 0) is 52.4 Å². The van der Waals surface area contributed by atoms with E-state index in [1.165, 1.54) is 0 Å². The lowest BCUT2D eigenvalue weighted by atomic mass is 10.5. The van der Waals surface area contributed by atoms with Crippen LogP contribution in [0.25, 0.3) is 0 Å². The molecule has 0 atom stereocenters. The number of ether oxygens (including phenoxy) is 4. The Morgan fingerprint density at radius 3 is 0.862 bits per heavy atom. The van der Waals surface area contributed by atoms with Crippen molar-refractivity contribution in [2.75, 3.05) is 142 Å². The van der Waals surface area contributed by atoms with Crippen LogP contribution >= 0.6 is 0 Å². The number of aromatic nitrogens is 6. The van der Waals surface area contributed by atoms with Gasteiger partial charge in [-0.1, -0.05) is 55.4 Å². The Labute approximate surface area is 345 Å². The summed E-state index contributed by atoms with van der Waals surface area (Å²) in [7, 11) is -9.68. The van der Waals surface area contributed by atoms with Gasteiger partial charge in [0.05, 0.1) is 0 Å². The Balaban J connectivity index is 1.98. The third-order valence-corrected chi connectivity index (χ3v) is 13.1. The number of likely N-dealkylation sites (N-methyl/N-ethyl adjacent to an activating group) is 4. The van der Waals surface area contributed by atoms with Gasteiger partial charge in [0, 0.05) is 52.4 Å². The van der Waals surface area contributed by atoms with Crippen molar-refractivity contribution >= 4 is 30.0 Å². The molecule has 2 rings (SSSR count). The maximum Gasteiger partial charge on any atom is 0.331 e. The molecule has 58 heavy (non-hydrogen) atoms. The highest BCUT2D eigenvalue weighted by atomic mass is 33.2. The van der Waals surface area contributed by atoms with Crippen LogP contribution in [0.15, 0.2) is 0 Å². The standard InChI is InChI=1S/C34H68N14O8S2/c1-9-45(10-2)21-25-53-31-39-29(40-32(43-31)54-26-22-46(11-3)12-4)35-17-19-37-57(49,50)58(51,52)38-20-18-36-30-41-33(55-27-23-47(13-5)14-6)44-34(42-30)56-28-24-48(15-7)16-8/h37-38H,9-28H2,1-8H3,(H,35,39,40,43)(H,36,41,42,44). The van der Waals surface area contributed by atoms with E-state index in [4.69, 9.17) is 18.9 Å². The minimum atomic E-state index is -4.84. The largest absolute Gasteiger partial charge is 0.462 e. The maximum atomic E-state index is 12.8. The molecule has 0 saturated heterocycles. The van der Waals surface area contributed by atoms with Gasteiger partial charge in [-0.3, -0.25) is 0 Å². The van der Waals surface area contributed by atoms with E-state index in [1.807, 2.05) is 0 Å². The van der Waals surface area contributed by atoms with Crippen molar-refractivity contribution in [2.24, 2.45) is 0 Å². The van der Waals surface area contributed by atoms with Crippen LogP contribution < -0.4 is 39.0 Å². The Morgan fingerprint density at radius 2 is 0.638 bits per heavy atom. The van der Waals surface area contributed by atoms with E-state index >= 15 is 0 Å². The van der Waals surface area contributed by atoms with Crippen LogP contribution in [-0.2, 0) is 18.1 Å². The molecule has 0 radical (unpaired) electrons. The van der Waals surface area contributed by atoms with Gasteiger partial charge < -0.3 is 49.2 Å². The fraction of sp³-hybridized carbons (Fsp3) is 0.824. The van der Waals surface area contributed by atoms with Crippen LogP contribution in [-0.4, -0.2) is 197 Å². The molecule has 0 aliphatic carbocycles. The Morgan fingerprint density at radius 1 is 0.397 bits per heavy atom. The van der Waals surface area contributed by atoms with Crippen LogP contribution in [0.4, 0.5) is 11.9 Å². The predicted molar refractivity (Wildman–Crippen MR) is 224 cm³/mol. The van der Waals surface area contributed by atoms with Crippen molar-refractivity contribution in [3.05, 3.63) is 0 Å². The van der Waals surface area contributed by atoms with Gasteiger partial charge in [0.1, 0.15) is 26.4 Å². The second-order valence-electron chi connectivity index (χ2n) is 12.5. The van der Waals surface area contributed by atoms with Crippen LogP contribution in [0, 0.1) is 0 Å². The van der Waals surface area contributed by atoms with E-state index in [-0.39, 0.29) is 62.1 Å². The number of rotatable bonds is 35. The van der Waals surface area contributed by atoms with E-state index in [0.29, 0.717) is 52.6 Å². The minimum Gasteiger partial charge on any atom is -0.462 e. The average Bonchev–Trinajstić information content (AvgIpc) is 3.21.